The van der Waals surface area contributed by atoms with E-state index in [9.17, 15) is 4.79 Å². The van der Waals surface area contributed by atoms with Gasteiger partial charge in [0.2, 0.25) is 5.91 Å². The third kappa shape index (κ3) is 5.58. The molecule has 0 spiro atoms. The molecule has 0 aliphatic heterocycles. The van der Waals surface area contributed by atoms with Crippen molar-refractivity contribution in [2.24, 2.45) is 0 Å². The molecule has 1 N–H and O–H groups in total. The number of benzene rings is 2. The molecule has 0 saturated heterocycles. The summed E-state index contributed by atoms with van der Waals surface area (Å²) in [5, 5.41) is 2.94. The first-order valence-electron chi connectivity index (χ1n) is 7.85. The fourth-order valence-electron chi connectivity index (χ4n) is 2.33. The Morgan fingerprint density at radius 1 is 1.08 bits per heavy atom. The lowest BCUT2D eigenvalue weighted by atomic mass is 10.1. The lowest BCUT2D eigenvalue weighted by Gasteiger charge is -2.19. The summed E-state index contributed by atoms with van der Waals surface area (Å²) in [6, 6.07) is 17.8. The van der Waals surface area contributed by atoms with Crippen molar-refractivity contribution in [2.75, 3.05) is 26.5 Å². The van der Waals surface area contributed by atoms with E-state index in [0.29, 0.717) is 13.0 Å². The molecule has 1 atom stereocenters. The van der Waals surface area contributed by atoms with Crippen LogP contribution >= 0.6 is 11.8 Å². The van der Waals surface area contributed by atoms with Gasteiger partial charge in [-0.1, -0.05) is 36.4 Å². The molecule has 0 heterocycles. The fraction of sp³-hybridized carbons (Fsp3) is 0.316. The maximum absolute atomic E-state index is 12.0. The Morgan fingerprint density at radius 3 is 2.50 bits per heavy atom. The summed E-state index contributed by atoms with van der Waals surface area (Å²) in [4.78, 5) is 13.2. The van der Waals surface area contributed by atoms with Crippen molar-refractivity contribution < 1.29 is 14.3 Å². The number of ether oxygens (including phenoxy) is 2. The van der Waals surface area contributed by atoms with Gasteiger partial charge in [0.1, 0.15) is 11.9 Å². The molecule has 2 rings (SSSR count). The molecule has 1 amide bonds. The van der Waals surface area contributed by atoms with Gasteiger partial charge in [0.05, 0.1) is 7.11 Å². The minimum atomic E-state index is -0.230. The molecule has 24 heavy (non-hydrogen) atoms. The summed E-state index contributed by atoms with van der Waals surface area (Å²) in [7, 11) is 3.26. The van der Waals surface area contributed by atoms with Gasteiger partial charge in [0, 0.05) is 36.3 Å². The van der Waals surface area contributed by atoms with E-state index < -0.39 is 0 Å². The first-order valence-corrected chi connectivity index (χ1v) is 8.83. The third-order valence-corrected chi connectivity index (χ3v) is 4.61. The number of carbonyl (C=O) groups is 1. The summed E-state index contributed by atoms with van der Waals surface area (Å²) in [5.41, 5.74) is 0.932. The predicted octanol–water partition coefficient (Wildman–Crippen LogP) is 3.68. The van der Waals surface area contributed by atoms with Gasteiger partial charge in [-0.15, -0.1) is 11.8 Å². The number of amides is 1. The molecule has 2 aromatic carbocycles. The Bertz CT molecular complexity index is 634. The van der Waals surface area contributed by atoms with E-state index in [-0.39, 0.29) is 12.0 Å². The molecule has 4 nitrogen and oxygen atoms in total. The molecule has 0 bridgehead atoms. The van der Waals surface area contributed by atoms with Crippen LogP contribution in [0.4, 0.5) is 0 Å². The van der Waals surface area contributed by atoms with Crippen molar-refractivity contribution in [3.05, 3.63) is 60.2 Å². The smallest absolute Gasteiger partial charge is 0.220 e. The van der Waals surface area contributed by atoms with Crippen molar-refractivity contribution in [1.29, 1.82) is 0 Å². The molecule has 128 valence electrons. The minimum absolute atomic E-state index is 0.0235. The van der Waals surface area contributed by atoms with Gasteiger partial charge >= 0.3 is 0 Å². The second-order valence-electron chi connectivity index (χ2n) is 5.18. The lowest BCUT2D eigenvalue weighted by molar-refractivity contribution is -0.121. The molecular weight excluding hydrogens is 322 g/mol. The molecule has 0 aromatic heterocycles. The van der Waals surface area contributed by atoms with Gasteiger partial charge in [-0.05, 0) is 18.2 Å². The first-order chi connectivity index (χ1) is 11.7. The van der Waals surface area contributed by atoms with Crippen LogP contribution in [0.1, 0.15) is 18.1 Å². The normalized spacial score (nSPS) is 11.8. The van der Waals surface area contributed by atoms with E-state index in [1.165, 1.54) is 4.90 Å². The first kappa shape index (κ1) is 18.4. The number of para-hydroxylation sites is 1. The van der Waals surface area contributed by atoms with Gasteiger partial charge in [-0.25, -0.2) is 0 Å². The monoisotopic (exact) mass is 345 g/mol. The highest BCUT2D eigenvalue weighted by atomic mass is 32.2. The third-order valence-electron chi connectivity index (χ3n) is 3.60. The lowest BCUT2D eigenvalue weighted by Crippen LogP contribution is -2.29. The van der Waals surface area contributed by atoms with Crippen molar-refractivity contribution in [2.45, 2.75) is 17.4 Å². The number of methoxy groups -OCH3 is 2. The molecule has 2 aromatic rings. The van der Waals surface area contributed by atoms with Crippen LogP contribution in [0.3, 0.4) is 0 Å². The summed E-state index contributed by atoms with van der Waals surface area (Å²) in [6.45, 7) is 0.422. The van der Waals surface area contributed by atoms with E-state index in [0.717, 1.165) is 17.1 Å². The van der Waals surface area contributed by atoms with Gasteiger partial charge in [-0.3, -0.25) is 4.79 Å². The number of nitrogens with one attached hydrogen (secondary N) is 1. The van der Waals surface area contributed by atoms with Crippen LogP contribution in [0.15, 0.2) is 59.5 Å². The average Bonchev–Trinajstić information content (AvgIpc) is 2.63. The maximum atomic E-state index is 12.0. The molecule has 0 saturated carbocycles. The zero-order valence-corrected chi connectivity index (χ0v) is 14.8. The Morgan fingerprint density at radius 2 is 1.79 bits per heavy atom. The summed E-state index contributed by atoms with van der Waals surface area (Å²) in [5.74, 6) is 1.54. The molecule has 0 aliphatic carbocycles. The van der Waals surface area contributed by atoms with Crippen LogP contribution in [0.2, 0.25) is 0 Å². The van der Waals surface area contributed by atoms with Crippen molar-refractivity contribution in [3.8, 4) is 5.75 Å². The molecular formula is C19H23NO3S. The Labute approximate surface area is 147 Å². The van der Waals surface area contributed by atoms with Gasteiger partial charge in [0.25, 0.3) is 0 Å². The number of hydrogen-bond donors (Lipinski definition) is 1. The average molecular weight is 345 g/mol. The SMILES string of the molecule is COc1ccccc1C(CNC(=O)CCSc1ccccc1)OC. The number of carbonyl (C=O) groups excluding carboxylic acids is 1. The van der Waals surface area contributed by atoms with Crippen LogP contribution in [-0.4, -0.2) is 32.4 Å². The van der Waals surface area contributed by atoms with E-state index in [4.69, 9.17) is 9.47 Å². The van der Waals surface area contributed by atoms with Crippen LogP contribution in [0.25, 0.3) is 0 Å². The van der Waals surface area contributed by atoms with Crippen molar-refractivity contribution >= 4 is 17.7 Å². The predicted molar refractivity (Wildman–Crippen MR) is 97.5 cm³/mol. The number of hydrogen-bond acceptors (Lipinski definition) is 4. The largest absolute Gasteiger partial charge is 0.496 e. The molecule has 1 unspecified atom stereocenters. The second kappa shape index (κ2) is 10.0. The van der Waals surface area contributed by atoms with Crippen molar-refractivity contribution in [3.63, 3.8) is 0 Å². The highest BCUT2D eigenvalue weighted by Crippen LogP contribution is 2.26. The van der Waals surface area contributed by atoms with Gasteiger partial charge in [0.15, 0.2) is 0 Å². The second-order valence-corrected chi connectivity index (χ2v) is 6.35. The van der Waals surface area contributed by atoms with E-state index in [1.807, 2.05) is 54.6 Å². The molecule has 5 heteroatoms. The zero-order chi connectivity index (χ0) is 17.2. The van der Waals surface area contributed by atoms with Gasteiger partial charge in [-0.2, -0.15) is 0 Å². The van der Waals surface area contributed by atoms with Crippen LogP contribution in [-0.2, 0) is 9.53 Å². The number of rotatable bonds is 9. The molecule has 0 fully saturated rings. The van der Waals surface area contributed by atoms with Crippen molar-refractivity contribution in [1.82, 2.24) is 5.32 Å². The highest BCUT2D eigenvalue weighted by Gasteiger charge is 2.16. The van der Waals surface area contributed by atoms with Gasteiger partial charge < -0.3 is 14.8 Å². The van der Waals surface area contributed by atoms with Crippen LogP contribution < -0.4 is 10.1 Å². The Balaban J connectivity index is 1.79. The quantitative estimate of drug-likeness (QED) is 0.704. The highest BCUT2D eigenvalue weighted by molar-refractivity contribution is 7.99. The van der Waals surface area contributed by atoms with E-state index in [1.54, 1.807) is 26.0 Å². The van der Waals surface area contributed by atoms with E-state index in [2.05, 4.69) is 5.32 Å². The summed E-state index contributed by atoms with van der Waals surface area (Å²) < 4.78 is 10.9. The van der Waals surface area contributed by atoms with Crippen LogP contribution in [0, 0.1) is 0 Å². The standard InChI is InChI=1S/C19H23NO3S/c1-22-17-11-7-6-10-16(17)18(23-2)14-20-19(21)12-13-24-15-8-4-3-5-9-15/h3-11,18H,12-14H2,1-2H3,(H,20,21). The summed E-state index contributed by atoms with van der Waals surface area (Å²) >= 11 is 1.68. The Kier molecular flexibility index (Phi) is 7.65. The fourth-order valence-corrected chi connectivity index (χ4v) is 3.20. The topological polar surface area (TPSA) is 47.6 Å². The minimum Gasteiger partial charge on any atom is -0.496 e. The van der Waals surface area contributed by atoms with Crippen LogP contribution in [0.5, 0.6) is 5.75 Å². The summed E-state index contributed by atoms with van der Waals surface area (Å²) in [6.07, 6.45) is 0.244. The number of thioether (sulfide) groups is 1. The van der Waals surface area contributed by atoms with E-state index >= 15 is 0 Å². The molecule has 0 aliphatic rings. The Hall–Kier alpha value is -1.98. The zero-order valence-electron chi connectivity index (χ0n) is 14.0. The maximum Gasteiger partial charge on any atom is 0.220 e. The molecule has 0 radical (unpaired) electrons.